The van der Waals surface area contributed by atoms with Crippen molar-refractivity contribution in [2.75, 3.05) is 17.2 Å². The van der Waals surface area contributed by atoms with Crippen LogP contribution in [-0.2, 0) is 6.42 Å². The quantitative estimate of drug-likeness (QED) is 0.205. The van der Waals surface area contributed by atoms with Crippen molar-refractivity contribution >= 4 is 34.2 Å². The molecule has 224 valence electrons. The number of rotatable bonds is 8. The molecule has 4 aromatic heterocycles. The van der Waals surface area contributed by atoms with Gasteiger partial charge in [0.2, 0.25) is 0 Å². The number of ether oxygens (including phenoxy) is 1. The van der Waals surface area contributed by atoms with Gasteiger partial charge in [0.15, 0.2) is 28.8 Å². The molecule has 1 aliphatic carbocycles. The van der Waals surface area contributed by atoms with Crippen LogP contribution in [0.2, 0.25) is 0 Å². The van der Waals surface area contributed by atoms with Crippen LogP contribution < -0.4 is 20.9 Å². The summed E-state index contributed by atoms with van der Waals surface area (Å²) < 4.78 is 35.8. The second kappa shape index (κ2) is 11.6. The molecule has 14 heteroatoms. The molecule has 1 aliphatic rings. The molecule has 0 spiro atoms. The van der Waals surface area contributed by atoms with Crippen LogP contribution in [0.5, 0.6) is 11.5 Å². The van der Waals surface area contributed by atoms with Gasteiger partial charge in [-0.3, -0.25) is 24.0 Å². The molecule has 0 saturated heterocycles. The standard InChI is InChI=1S/C30H25F2N7O5/c1-15(14-40)35-28-26-24(9-10-33-27(26)37-38-28)44-23-7-6-17(11-20(23)32)36-29(42)19-12-18-21(3-2-4-22(18)41)39(30(19)43)25-8-5-16(31)13-34-25/h5-13,15,40H,2-4,14H2,1H3,(H,36,42)(H2,33,35,37,38). The Balaban J connectivity index is 1.29. The molecule has 1 unspecified atom stereocenters. The van der Waals surface area contributed by atoms with Crippen LogP contribution in [-0.4, -0.2) is 54.2 Å². The van der Waals surface area contributed by atoms with Crippen LogP contribution in [0.25, 0.3) is 16.9 Å². The Kier molecular flexibility index (Phi) is 7.57. The molecule has 0 aliphatic heterocycles. The number of ketones is 1. The highest BCUT2D eigenvalue weighted by Gasteiger charge is 2.27. The van der Waals surface area contributed by atoms with Gasteiger partial charge in [-0.15, -0.1) is 0 Å². The van der Waals surface area contributed by atoms with E-state index in [9.17, 15) is 23.9 Å². The van der Waals surface area contributed by atoms with Crippen LogP contribution in [0, 0.1) is 11.6 Å². The first-order valence-electron chi connectivity index (χ1n) is 13.7. The largest absolute Gasteiger partial charge is 0.453 e. The molecule has 1 amide bonds. The highest BCUT2D eigenvalue weighted by Crippen LogP contribution is 2.34. The molecular formula is C30H25F2N7O5. The fourth-order valence-electron chi connectivity index (χ4n) is 4.97. The van der Waals surface area contributed by atoms with Crippen molar-refractivity contribution < 1.29 is 28.2 Å². The normalized spacial score (nSPS) is 13.4. The Morgan fingerprint density at radius 2 is 1.95 bits per heavy atom. The van der Waals surface area contributed by atoms with E-state index in [0.29, 0.717) is 35.4 Å². The molecule has 4 N–H and O–H groups in total. The first-order chi connectivity index (χ1) is 21.2. The minimum atomic E-state index is -0.872. The van der Waals surface area contributed by atoms with Crippen LogP contribution >= 0.6 is 0 Å². The number of nitrogens with one attached hydrogen (secondary N) is 3. The lowest BCUT2D eigenvalue weighted by Gasteiger charge is -2.21. The lowest BCUT2D eigenvalue weighted by Crippen LogP contribution is -2.34. The summed E-state index contributed by atoms with van der Waals surface area (Å²) in [5.41, 5.74) is -0.116. The highest BCUT2D eigenvalue weighted by molar-refractivity contribution is 6.07. The predicted octanol–water partition coefficient (Wildman–Crippen LogP) is 4.14. The number of pyridine rings is 3. The summed E-state index contributed by atoms with van der Waals surface area (Å²) in [6.07, 6.45) is 3.55. The van der Waals surface area contributed by atoms with Crippen molar-refractivity contribution in [3.05, 3.63) is 93.7 Å². The van der Waals surface area contributed by atoms with E-state index in [-0.39, 0.29) is 59.0 Å². The molecule has 44 heavy (non-hydrogen) atoms. The summed E-state index contributed by atoms with van der Waals surface area (Å²) in [6, 6.07) is 8.58. The number of fused-ring (bicyclic) bond motifs is 2. The van der Waals surface area contributed by atoms with E-state index in [4.69, 9.17) is 4.74 Å². The van der Waals surface area contributed by atoms with Gasteiger partial charge >= 0.3 is 0 Å². The smallest absolute Gasteiger partial charge is 0.269 e. The molecular weight excluding hydrogens is 576 g/mol. The predicted molar refractivity (Wildman–Crippen MR) is 156 cm³/mol. The number of aliphatic hydroxyl groups is 1. The summed E-state index contributed by atoms with van der Waals surface area (Å²) in [5.74, 6) is -2.04. The van der Waals surface area contributed by atoms with Crippen LogP contribution in [0.15, 0.2) is 59.7 Å². The summed E-state index contributed by atoms with van der Waals surface area (Å²) in [4.78, 5) is 47.7. The average Bonchev–Trinajstić information content (AvgIpc) is 3.42. The number of anilines is 2. The van der Waals surface area contributed by atoms with Gasteiger partial charge in [-0.1, -0.05) is 0 Å². The van der Waals surface area contributed by atoms with Crippen molar-refractivity contribution in [2.45, 2.75) is 32.2 Å². The van der Waals surface area contributed by atoms with E-state index in [0.717, 1.165) is 22.9 Å². The molecule has 0 fully saturated rings. The molecule has 4 heterocycles. The van der Waals surface area contributed by atoms with Crippen LogP contribution in [0.3, 0.4) is 0 Å². The third-order valence-electron chi connectivity index (χ3n) is 7.10. The Labute approximate surface area is 247 Å². The molecule has 6 rings (SSSR count). The Morgan fingerprint density at radius 1 is 1.11 bits per heavy atom. The van der Waals surface area contributed by atoms with Gasteiger partial charge in [-0.25, -0.2) is 18.7 Å². The first kappa shape index (κ1) is 28.6. The molecule has 0 saturated carbocycles. The van der Waals surface area contributed by atoms with Crippen molar-refractivity contribution in [1.82, 2.24) is 24.7 Å². The molecule has 0 radical (unpaired) electrons. The second-order valence-electron chi connectivity index (χ2n) is 10.2. The summed E-state index contributed by atoms with van der Waals surface area (Å²) >= 11 is 0. The van der Waals surface area contributed by atoms with Crippen LogP contribution in [0.1, 0.15) is 46.2 Å². The summed E-state index contributed by atoms with van der Waals surface area (Å²) in [7, 11) is 0. The van der Waals surface area contributed by atoms with Gasteiger partial charge < -0.3 is 20.5 Å². The number of nitrogens with zero attached hydrogens (tertiary/aromatic N) is 4. The molecule has 5 aromatic rings. The monoisotopic (exact) mass is 601 g/mol. The zero-order valence-electron chi connectivity index (χ0n) is 23.2. The van der Waals surface area contributed by atoms with Crippen LogP contribution in [0.4, 0.5) is 20.3 Å². The number of aliphatic hydroxyl groups excluding tert-OH is 1. The third-order valence-corrected chi connectivity index (χ3v) is 7.10. The van der Waals surface area contributed by atoms with Gasteiger partial charge in [0.25, 0.3) is 11.5 Å². The Bertz CT molecular complexity index is 1970. The lowest BCUT2D eigenvalue weighted by molar-refractivity contribution is 0.0971. The maximum atomic E-state index is 15.2. The second-order valence-corrected chi connectivity index (χ2v) is 10.2. The van der Waals surface area contributed by atoms with E-state index in [1.165, 1.54) is 36.5 Å². The van der Waals surface area contributed by atoms with Crippen molar-refractivity contribution in [2.24, 2.45) is 0 Å². The van der Waals surface area contributed by atoms with Crippen molar-refractivity contribution in [1.29, 1.82) is 0 Å². The topological polar surface area (TPSA) is 164 Å². The van der Waals surface area contributed by atoms with E-state index < -0.39 is 23.1 Å². The highest BCUT2D eigenvalue weighted by atomic mass is 19.1. The fourth-order valence-corrected chi connectivity index (χ4v) is 4.97. The number of carbonyl (C=O) groups excluding carboxylic acids is 2. The lowest BCUT2D eigenvalue weighted by atomic mass is 9.93. The van der Waals surface area contributed by atoms with Gasteiger partial charge in [0, 0.05) is 47.7 Å². The maximum Gasteiger partial charge on any atom is 0.269 e. The summed E-state index contributed by atoms with van der Waals surface area (Å²) in [5, 5.41) is 22.3. The number of carbonyl (C=O) groups is 2. The number of hydrogen-bond acceptors (Lipinski definition) is 9. The van der Waals surface area contributed by atoms with E-state index in [1.807, 2.05) is 0 Å². The maximum absolute atomic E-state index is 15.2. The average molecular weight is 602 g/mol. The van der Waals surface area contributed by atoms with Crippen molar-refractivity contribution in [3.8, 4) is 17.3 Å². The SMILES string of the molecule is CC(CO)Nc1n[nH]c2nccc(Oc3ccc(NC(=O)c4cc5c(n(-c6ccc(F)cn6)c4=O)CCCC5=O)cc3F)c12. The number of benzene rings is 1. The molecule has 1 aromatic carbocycles. The number of amides is 1. The molecule has 12 nitrogen and oxygen atoms in total. The van der Waals surface area contributed by atoms with Gasteiger partial charge in [-0.05, 0) is 50.1 Å². The van der Waals surface area contributed by atoms with Gasteiger partial charge in [0.1, 0.15) is 28.3 Å². The zero-order valence-corrected chi connectivity index (χ0v) is 23.2. The van der Waals surface area contributed by atoms with E-state index in [2.05, 4.69) is 30.8 Å². The van der Waals surface area contributed by atoms with Gasteiger partial charge in [-0.2, -0.15) is 5.10 Å². The zero-order chi connectivity index (χ0) is 31.0. The number of H-pyrrole nitrogens is 1. The minimum Gasteiger partial charge on any atom is -0.453 e. The number of Topliss-reactive ketones (excluding diaryl/α,β-unsaturated/α-hetero) is 1. The Hall–Kier alpha value is -5.50. The fraction of sp³-hybridized carbons (Fsp3) is 0.200. The third kappa shape index (κ3) is 5.38. The number of hydrogen-bond donors (Lipinski definition) is 4. The first-order valence-corrected chi connectivity index (χ1v) is 13.7. The summed E-state index contributed by atoms with van der Waals surface area (Å²) in [6.45, 7) is 1.60. The van der Waals surface area contributed by atoms with Gasteiger partial charge in [0.05, 0.1) is 12.8 Å². The number of aromatic nitrogens is 5. The van der Waals surface area contributed by atoms with E-state index in [1.54, 1.807) is 6.92 Å². The minimum absolute atomic E-state index is 0.0251. The van der Waals surface area contributed by atoms with E-state index >= 15 is 4.39 Å². The number of halogens is 2. The van der Waals surface area contributed by atoms with Crippen molar-refractivity contribution in [3.63, 3.8) is 0 Å². The molecule has 0 bridgehead atoms. The Morgan fingerprint density at radius 3 is 2.70 bits per heavy atom. The number of aromatic amines is 1. The molecule has 1 atom stereocenters.